The van der Waals surface area contributed by atoms with E-state index in [0.29, 0.717) is 13.0 Å². The Morgan fingerprint density at radius 2 is 1.79 bits per heavy atom. The van der Waals surface area contributed by atoms with Gasteiger partial charge in [0.25, 0.3) is 0 Å². The number of sulfonamides is 1. The second-order valence-corrected chi connectivity index (χ2v) is 6.80. The first-order valence-corrected chi connectivity index (χ1v) is 8.55. The van der Waals surface area contributed by atoms with Crippen molar-refractivity contribution in [1.82, 2.24) is 14.5 Å². The second kappa shape index (κ2) is 7.81. The fourth-order valence-electron chi connectivity index (χ4n) is 2.21. The number of piperazine rings is 1. The van der Waals surface area contributed by atoms with Crippen LogP contribution in [-0.4, -0.2) is 69.1 Å². The molecule has 1 aliphatic rings. The molecule has 19 heavy (non-hydrogen) atoms. The van der Waals surface area contributed by atoms with Gasteiger partial charge in [-0.1, -0.05) is 6.92 Å². The fourth-order valence-corrected chi connectivity index (χ4v) is 3.37. The van der Waals surface area contributed by atoms with Gasteiger partial charge in [-0.25, -0.2) is 13.1 Å². The summed E-state index contributed by atoms with van der Waals surface area (Å²) in [6.07, 6.45) is 1.56. The third kappa shape index (κ3) is 6.35. The largest absolute Gasteiger partial charge is 0.340 e. The molecule has 1 aliphatic heterocycles. The van der Waals surface area contributed by atoms with Gasteiger partial charge in [0.2, 0.25) is 15.9 Å². The molecule has 6 nitrogen and oxygen atoms in total. The Morgan fingerprint density at radius 1 is 1.16 bits per heavy atom. The van der Waals surface area contributed by atoms with Gasteiger partial charge in [-0.2, -0.15) is 0 Å². The standard InChI is InChI=1S/C12H25N3O3S/c1-3-13-19(17,18)11-5-4-6-14-7-9-15(10-8-14)12(2)16/h13H,3-11H2,1-2H3. The Morgan fingerprint density at radius 3 is 2.32 bits per heavy atom. The van der Waals surface area contributed by atoms with E-state index in [0.717, 1.165) is 39.1 Å². The molecule has 0 radical (unpaired) electrons. The molecule has 1 rings (SSSR count). The van der Waals surface area contributed by atoms with E-state index in [9.17, 15) is 13.2 Å². The van der Waals surface area contributed by atoms with Crippen molar-refractivity contribution in [2.45, 2.75) is 26.7 Å². The molecule has 0 saturated carbocycles. The molecule has 0 aromatic rings. The van der Waals surface area contributed by atoms with Crippen LogP contribution in [0, 0.1) is 0 Å². The van der Waals surface area contributed by atoms with Gasteiger partial charge < -0.3 is 4.90 Å². The maximum absolute atomic E-state index is 11.4. The van der Waals surface area contributed by atoms with Crippen molar-refractivity contribution < 1.29 is 13.2 Å². The zero-order valence-corrected chi connectivity index (χ0v) is 12.7. The third-order valence-electron chi connectivity index (χ3n) is 3.32. The highest BCUT2D eigenvalue weighted by Gasteiger charge is 2.18. The van der Waals surface area contributed by atoms with Gasteiger partial charge in [0.05, 0.1) is 5.75 Å². The summed E-state index contributed by atoms with van der Waals surface area (Å²) in [7, 11) is -3.08. The maximum atomic E-state index is 11.4. The fraction of sp³-hybridized carbons (Fsp3) is 0.917. The first-order chi connectivity index (χ1) is 8.94. The van der Waals surface area contributed by atoms with E-state index in [1.807, 2.05) is 4.90 Å². The Bertz CT molecular complexity index is 376. The van der Waals surface area contributed by atoms with Crippen molar-refractivity contribution in [3.63, 3.8) is 0 Å². The van der Waals surface area contributed by atoms with Gasteiger partial charge in [-0.3, -0.25) is 9.69 Å². The Balaban J connectivity index is 2.13. The Hall–Kier alpha value is -0.660. The number of hydrogen-bond acceptors (Lipinski definition) is 4. The maximum Gasteiger partial charge on any atom is 0.219 e. The number of carbonyl (C=O) groups excluding carboxylic acids is 1. The molecule has 0 atom stereocenters. The lowest BCUT2D eigenvalue weighted by atomic mass is 10.2. The number of nitrogens with zero attached hydrogens (tertiary/aromatic N) is 2. The number of hydrogen-bond donors (Lipinski definition) is 1. The molecule has 1 amide bonds. The molecular weight excluding hydrogens is 266 g/mol. The number of unbranched alkanes of at least 4 members (excludes halogenated alkanes) is 1. The number of rotatable bonds is 7. The minimum absolute atomic E-state index is 0.136. The number of carbonyl (C=O) groups is 1. The summed E-state index contributed by atoms with van der Waals surface area (Å²) >= 11 is 0. The molecule has 0 aliphatic carbocycles. The van der Waals surface area contributed by atoms with Crippen molar-refractivity contribution >= 4 is 15.9 Å². The third-order valence-corrected chi connectivity index (χ3v) is 4.87. The average molecular weight is 291 g/mol. The van der Waals surface area contributed by atoms with Crippen molar-refractivity contribution in [3.8, 4) is 0 Å². The van der Waals surface area contributed by atoms with Crippen LogP contribution in [0.5, 0.6) is 0 Å². The van der Waals surface area contributed by atoms with Crippen LogP contribution >= 0.6 is 0 Å². The summed E-state index contributed by atoms with van der Waals surface area (Å²) in [6, 6.07) is 0. The molecule has 112 valence electrons. The minimum Gasteiger partial charge on any atom is -0.340 e. The molecule has 1 saturated heterocycles. The summed E-state index contributed by atoms with van der Waals surface area (Å²) < 4.78 is 25.4. The van der Waals surface area contributed by atoms with Crippen LogP contribution in [0.2, 0.25) is 0 Å². The van der Waals surface area contributed by atoms with E-state index in [4.69, 9.17) is 0 Å². The van der Waals surface area contributed by atoms with Gasteiger partial charge in [-0.15, -0.1) is 0 Å². The van der Waals surface area contributed by atoms with Crippen molar-refractivity contribution in [3.05, 3.63) is 0 Å². The predicted molar refractivity (Wildman–Crippen MR) is 75.4 cm³/mol. The Labute approximate surface area is 116 Å². The van der Waals surface area contributed by atoms with Gasteiger partial charge in [0.1, 0.15) is 0 Å². The molecule has 1 fully saturated rings. The predicted octanol–water partition coefficient (Wildman–Crippen LogP) is -0.130. The highest BCUT2D eigenvalue weighted by molar-refractivity contribution is 7.89. The highest BCUT2D eigenvalue weighted by atomic mass is 32.2. The lowest BCUT2D eigenvalue weighted by molar-refractivity contribution is -0.130. The lowest BCUT2D eigenvalue weighted by Gasteiger charge is -2.34. The summed E-state index contributed by atoms with van der Waals surface area (Å²) in [4.78, 5) is 15.3. The number of nitrogens with one attached hydrogen (secondary N) is 1. The molecule has 0 aromatic heterocycles. The molecule has 1 N–H and O–H groups in total. The van der Waals surface area contributed by atoms with Crippen molar-refractivity contribution in [1.29, 1.82) is 0 Å². The zero-order valence-electron chi connectivity index (χ0n) is 11.9. The zero-order chi connectivity index (χ0) is 14.3. The molecule has 0 bridgehead atoms. The van der Waals surface area contributed by atoms with E-state index in [1.54, 1.807) is 13.8 Å². The van der Waals surface area contributed by atoms with Gasteiger partial charge in [0, 0.05) is 39.6 Å². The van der Waals surface area contributed by atoms with E-state index in [-0.39, 0.29) is 11.7 Å². The normalized spacial score (nSPS) is 17.7. The first kappa shape index (κ1) is 16.4. The Kier molecular flexibility index (Phi) is 6.74. The quantitative estimate of drug-likeness (QED) is 0.663. The summed E-state index contributed by atoms with van der Waals surface area (Å²) in [5.74, 6) is 0.338. The van der Waals surface area contributed by atoms with Crippen molar-refractivity contribution in [2.24, 2.45) is 0 Å². The summed E-state index contributed by atoms with van der Waals surface area (Å²) in [5.41, 5.74) is 0. The van der Waals surface area contributed by atoms with Crippen LogP contribution in [0.15, 0.2) is 0 Å². The van der Waals surface area contributed by atoms with Gasteiger partial charge >= 0.3 is 0 Å². The van der Waals surface area contributed by atoms with Gasteiger partial charge in [0.15, 0.2) is 0 Å². The van der Waals surface area contributed by atoms with Crippen LogP contribution < -0.4 is 4.72 Å². The topological polar surface area (TPSA) is 69.7 Å². The minimum atomic E-state index is -3.08. The van der Waals surface area contributed by atoms with Gasteiger partial charge in [-0.05, 0) is 19.4 Å². The van der Waals surface area contributed by atoms with E-state index in [2.05, 4.69) is 9.62 Å². The van der Waals surface area contributed by atoms with Crippen LogP contribution in [0.1, 0.15) is 26.7 Å². The highest BCUT2D eigenvalue weighted by Crippen LogP contribution is 2.04. The van der Waals surface area contributed by atoms with Crippen LogP contribution in [0.25, 0.3) is 0 Å². The average Bonchev–Trinajstić information content (AvgIpc) is 2.35. The number of amides is 1. The van der Waals surface area contributed by atoms with Crippen molar-refractivity contribution in [2.75, 3.05) is 45.0 Å². The monoisotopic (exact) mass is 291 g/mol. The summed E-state index contributed by atoms with van der Waals surface area (Å²) in [5, 5.41) is 0. The SMILES string of the molecule is CCNS(=O)(=O)CCCCN1CCN(C(C)=O)CC1. The van der Waals surface area contributed by atoms with Crippen LogP contribution in [-0.2, 0) is 14.8 Å². The molecule has 0 unspecified atom stereocenters. The molecular formula is C12H25N3O3S. The van der Waals surface area contributed by atoms with Crippen LogP contribution in [0.4, 0.5) is 0 Å². The smallest absolute Gasteiger partial charge is 0.219 e. The van der Waals surface area contributed by atoms with Crippen LogP contribution in [0.3, 0.4) is 0 Å². The van der Waals surface area contributed by atoms with E-state index in [1.165, 1.54) is 0 Å². The van der Waals surface area contributed by atoms with E-state index < -0.39 is 10.0 Å². The molecule has 0 aromatic carbocycles. The second-order valence-electron chi connectivity index (χ2n) is 4.87. The lowest BCUT2D eigenvalue weighted by Crippen LogP contribution is -2.48. The first-order valence-electron chi connectivity index (χ1n) is 6.90. The molecule has 1 heterocycles. The summed E-state index contributed by atoms with van der Waals surface area (Å²) in [6.45, 7) is 8.09. The van der Waals surface area contributed by atoms with E-state index >= 15 is 0 Å². The molecule has 7 heteroatoms. The molecule has 0 spiro atoms.